The van der Waals surface area contributed by atoms with E-state index in [9.17, 15) is 14.7 Å². The molecule has 0 spiro atoms. The first kappa shape index (κ1) is 30.7. The predicted octanol–water partition coefficient (Wildman–Crippen LogP) is 7.76. The van der Waals surface area contributed by atoms with Gasteiger partial charge >= 0.3 is 11.9 Å². The van der Waals surface area contributed by atoms with E-state index in [1.54, 1.807) is 17.3 Å². The lowest BCUT2D eigenvalue weighted by atomic mass is 9.49. The molecule has 0 unspecified atom stereocenters. The van der Waals surface area contributed by atoms with Crippen LogP contribution < -0.4 is 0 Å². The molecule has 0 saturated heterocycles. The highest BCUT2D eigenvalue weighted by Gasteiger charge is 2.61. The fourth-order valence-electron chi connectivity index (χ4n) is 8.73. The van der Waals surface area contributed by atoms with E-state index in [2.05, 4.69) is 32.9 Å². The number of rotatable bonds is 10. The van der Waals surface area contributed by atoms with Crippen LogP contribution in [0.4, 0.5) is 0 Å². The van der Waals surface area contributed by atoms with Crippen molar-refractivity contribution in [3.05, 3.63) is 23.3 Å². The SMILES string of the molecule is CC[C@H]1CC[C@H]2C3=CC=C4C[C@](OC(C)=O)(SCCCCCC(C)(C)O)C[C@H](OC(C)=O)[C@]4(C)[C@@H]3CC[C@]12C. The lowest BCUT2D eigenvalue weighted by Gasteiger charge is -2.58. The smallest absolute Gasteiger partial charge is 0.304 e. The quantitative estimate of drug-likeness (QED) is 0.167. The molecule has 3 fully saturated rings. The first-order valence-corrected chi connectivity index (χ1v) is 16.4. The van der Waals surface area contributed by atoms with Gasteiger partial charge in [-0.05, 0) is 81.3 Å². The van der Waals surface area contributed by atoms with Crippen LogP contribution in [-0.4, -0.2) is 39.4 Å². The first-order chi connectivity index (χ1) is 18.2. The third-order valence-corrected chi connectivity index (χ3v) is 12.2. The van der Waals surface area contributed by atoms with Crippen molar-refractivity contribution in [3.8, 4) is 0 Å². The summed E-state index contributed by atoms with van der Waals surface area (Å²) in [4.78, 5) is 24.1. The Morgan fingerprint density at radius 2 is 1.79 bits per heavy atom. The molecule has 4 aliphatic rings. The van der Waals surface area contributed by atoms with Crippen molar-refractivity contribution in [1.29, 1.82) is 0 Å². The number of carbonyl (C=O) groups is 2. The monoisotopic (exact) mass is 560 g/mol. The maximum Gasteiger partial charge on any atom is 0.304 e. The number of ether oxygens (including phenoxy) is 2. The molecule has 0 radical (unpaired) electrons. The highest BCUT2D eigenvalue weighted by Crippen LogP contribution is 2.67. The summed E-state index contributed by atoms with van der Waals surface area (Å²) in [5.41, 5.74) is 2.29. The van der Waals surface area contributed by atoms with E-state index in [0.29, 0.717) is 30.1 Å². The van der Waals surface area contributed by atoms with Gasteiger partial charge in [-0.1, -0.05) is 63.3 Å². The molecule has 5 nitrogen and oxygen atoms in total. The van der Waals surface area contributed by atoms with Crippen LogP contribution in [0.25, 0.3) is 0 Å². The Morgan fingerprint density at radius 1 is 1.05 bits per heavy atom. The Kier molecular flexibility index (Phi) is 9.08. The van der Waals surface area contributed by atoms with Crippen molar-refractivity contribution in [3.63, 3.8) is 0 Å². The van der Waals surface area contributed by atoms with Crippen LogP contribution in [0.1, 0.15) is 119 Å². The Hall–Kier alpha value is -1.27. The van der Waals surface area contributed by atoms with Gasteiger partial charge in [0.15, 0.2) is 4.93 Å². The number of esters is 2. The van der Waals surface area contributed by atoms with Gasteiger partial charge in [0.25, 0.3) is 0 Å². The van der Waals surface area contributed by atoms with Gasteiger partial charge in [0.05, 0.1) is 5.60 Å². The highest BCUT2D eigenvalue weighted by atomic mass is 32.2. The third kappa shape index (κ3) is 6.17. The summed E-state index contributed by atoms with van der Waals surface area (Å²) in [6.07, 6.45) is 15.5. The Bertz CT molecular complexity index is 995. The zero-order chi connectivity index (χ0) is 28.6. The summed E-state index contributed by atoms with van der Waals surface area (Å²) in [5, 5.41) is 10.0. The van der Waals surface area contributed by atoms with Crippen LogP contribution in [-0.2, 0) is 19.1 Å². The second kappa shape index (κ2) is 11.5. The number of hydrogen-bond donors (Lipinski definition) is 1. The van der Waals surface area contributed by atoms with Gasteiger partial charge in [0.1, 0.15) is 6.10 Å². The van der Waals surface area contributed by atoms with E-state index in [-0.39, 0.29) is 23.5 Å². The minimum absolute atomic E-state index is 0.264. The molecule has 0 heterocycles. The van der Waals surface area contributed by atoms with E-state index in [0.717, 1.165) is 43.8 Å². The fraction of sp³-hybridized carbons (Fsp3) is 0.818. The van der Waals surface area contributed by atoms with Gasteiger partial charge in [-0.2, -0.15) is 0 Å². The van der Waals surface area contributed by atoms with Crippen LogP contribution >= 0.6 is 11.8 Å². The predicted molar refractivity (Wildman–Crippen MR) is 158 cm³/mol. The molecular weight excluding hydrogens is 508 g/mol. The Morgan fingerprint density at radius 3 is 2.44 bits per heavy atom. The fourth-order valence-corrected chi connectivity index (χ4v) is 10.2. The average Bonchev–Trinajstić information content (AvgIpc) is 3.17. The van der Waals surface area contributed by atoms with E-state index >= 15 is 0 Å². The van der Waals surface area contributed by atoms with E-state index in [1.165, 1.54) is 45.1 Å². The largest absolute Gasteiger partial charge is 0.461 e. The molecule has 0 aliphatic heterocycles. The molecule has 220 valence electrons. The summed E-state index contributed by atoms with van der Waals surface area (Å²) in [7, 11) is 0. The number of hydrogen-bond acceptors (Lipinski definition) is 6. The maximum atomic E-state index is 12.5. The molecule has 39 heavy (non-hydrogen) atoms. The van der Waals surface area contributed by atoms with Crippen LogP contribution in [0.2, 0.25) is 0 Å². The van der Waals surface area contributed by atoms with Gasteiger partial charge in [-0.15, -0.1) is 11.8 Å². The normalized spacial score (nSPS) is 37.6. The number of aliphatic hydroxyl groups is 1. The number of allylic oxidation sites excluding steroid dienone is 3. The van der Waals surface area contributed by atoms with Crippen molar-refractivity contribution in [2.75, 3.05) is 5.75 Å². The van der Waals surface area contributed by atoms with Crippen molar-refractivity contribution in [2.45, 2.75) is 136 Å². The molecule has 4 aliphatic carbocycles. The van der Waals surface area contributed by atoms with Crippen LogP contribution in [0.3, 0.4) is 0 Å². The summed E-state index contributed by atoms with van der Waals surface area (Å²) < 4.78 is 12.3. The maximum absolute atomic E-state index is 12.5. The van der Waals surface area contributed by atoms with Gasteiger partial charge < -0.3 is 14.6 Å². The minimum Gasteiger partial charge on any atom is -0.461 e. The van der Waals surface area contributed by atoms with E-state index in [1.807, 2.05) is 13.8 Å². The first-order valence-electron chi connectivity index (χ1n) is 15.4. The molecule has 0 aromatic carbocycles. The zero-order valence-corrected chi connectivity index (χ0v) is 26.3. The minimum atomic E-state index is -0.733. The topological polar surface area (TPSA) is 72.8 Å². The second-order valence-electron chi connectivity index (χ2n) is 13.9. The lowest BCUT2D eigenvalue weighted by Crippen LogP contribution is -2.56. The van der Waals surface area contributed by atoms with E-state index in [4.69, 9.17) is 9.47 Å². The Labute approximate surface area is 240 Å². The summed E-state index contributed by atoms with van der Waals surface area (Å²) in [6, 6.07) is 0. The van der Waals surface area contributed by atoms with Crippen molar-refractivity contribution < 1.29 is 24.2 Å². The number of fused-ring (bicyclic) bond motifs is 5. The summed E-state index contributed by atoms with van der Waals surface area (Å²) >= 11 is 1.71. The molecule has 0 aromatic rings. The molecule has 1 N–H and O–H groups in total. The van der Waals surface area contributed by atoms with Crippen molar-refractivity contribution >= 4 is 23.7 Å². The third-order valence-electron chi connectivity index (χ3n) is 10.8. The molecule has 0 bridgehead atoms. The molecule has 3 saturated carbocycles. The molecule has 0 amide bonds. The molecule has 6 heteroatoms. The summed E-state index contributed by atoms with van der Waals surface area (Å²) in [5.74, 6) is 2.06. The second-order valence-corrected chi connectivity index (χ2v) is 15.4. The number of unbranched alkanes of at least 4 members (excludes halogenated alkanes) is 2. The molecular formula is C33H52O5S. The lowest BCUT2D eigenvalue weighted by molar-refractivity contribution is -0.168. The van der Waals surface area contributed by atoms with Gasteiger partial charge in [-0.25, -0.2) is 0 Å². The molecule has 4 rings (SSSR count). The standard InChI is InChI=1S/C33H52O5S/c1-8-24-13-15-27-26-14-12-25-20-33(38-23(3)35,39-19-11-9-10-17-30(4,5)36)21-29(37-22(2)34)32(25,7)28(26)16-18-31(24,27)6/h12,14,24,27-29,36H,8-11,13,15-21H2,1-7H3/t24-,27-,28+,29-,31+,32-,33-/m0/s1. The number of carbonyl (C=O) groups excluding carboxylic acids is 2. The van der Waals surface area contributed by atoms with Crippen LogP contribution in [0, 0.1) is 28.6 Å². The molecule has 0 aromatic heterocycles. The average molecular weight is 561 g/mol. The zero-order valence-electron chi connectivity index (χ0n) is 25.4. The molecule has 7 atom stereocenters. The summed E-state index contributed by atoms with van der Waals surface area (Å²) in [6.45, 7) is 13.9. The van der Waals surface area contributed by atoms with Crippen LogP contribution in [0.5, 0.6) is 0 Å². The van der Waals surface area contributed by atoms with E-state index < -0.39 is 10.5 Å². The van der Waals surface area contributed by atoms with Gasteiger partial charge in [0.2, 0.25) is 0 Å². The van der Waals surface area contributed by atoms with Gasteiger partial charge in [-0.3, -0.25) is 9.59 Å². The van der Waals surface area contributed by atoms with Crippen molar-refractivity contribution in [1.82, 2.24) is 0 Å². The Balaban J connectivity index is 1.60. The highest BCUT2D eigenvalue weighted by molar-refractivity contribution is 8.00. The van der Waals surface area contributed by atoms with Crippen molar-refractivity contribution in [2.24, 2.45) is 28.6 Å². The van der Waals surface area contributed by atoms with Crippen LogP contribution in [0.15, 0.2) is 23.3 Å². The van der Waals surface area contributed by atoms with Gasteiger partial charge in [0, 0.05) is 32.1 Å². The number of thioether (sulfide) groups is 1.